The Kier molecular flexibility index (Phi) is 4.90. The number of halogens is 2. The quantitative estimate of drug-likeness (QED) is 0.862. The number of hydrogen-bond acceptors (Lipinski definition) is 3. The summed E-state index contributed by atoms with van der Waals surface area (Å²) in [5.41, 5.74) is 0.227. The van der Waals surface area contributed by atoms with Crippen LogP contribution in [0.5, 0.6) is 5.75 Å². The first-order chi connectivity index (χ1) is 10.1. The third kappa shape index (κ3) is 3.79. The Bertz CT molecular complexity index is 676. The maximum atomic E-state index is 13.4. The van der Waals surface area contributed by atoms with Crippen LogP contribution in [0.4, 0.5) is 10.1 Å². The van der Waals surface area contributed by atoms with Gasteiger partial charge in [0.15, 0.2) is 12.9 Å². The van der Waals surface area contributed by atoms with Gasteiger partial charge in [0.05, 0.1) is 16.3 Å². The topological polar surface area (TPSA) is 55.4 Å². The third-order valence-electron chi connectivity index (χ3n) is 2.64. The molecule has 108 valence electrons. The number of rotatable bonds is 5. The Labute approximate surface area is 125 Å². The molecule has 0 aromatic heterocycles. The Hall–Kier alpha value is -2.40. The van der Waals surface area contributed by atoms with E-state index >= 15 is 0 Å². The molecule has 1 N–H and O–H groups in total. The van der Waals surface area contributed by atoms with Gasteiger partial charge in [-0.25, -0.2) is 4.39 Å². The van der Waals surface area contributed by atoms with Crippen LogP contribution in [0, 0.1) is 5.82 Å². The molecule has 0 fully saturated rings. The molecule has 0 aliphatic rings. The van der Waals surface area contributed by atoms with Crippen LogP contribution in [0.1, 0.15) is 10.4 Å². The molecule has 21 heavy (non-hydrogen) atoms. The van der Waals surface area contributed by atoms with E-state index < -0.39 is 11.7 Å². The monoisotopic (exact) mass is 307 g/mol. The van der Waals surface area contributed by atoms with Crippen molar-refractivity contribution in [3.8, 4) is 5.75 Å². The number of aldehydes is 1. The molecule has 2 rings (SSSR count). The standard InChI is InChI=1S/C15H11ClFNO3/c16-11-4-3-7-14(10(11)8-19)21-9-15(20)18-13-6-2-1-5-12(13)17/h1-8H,9H2,(H,18,20). The second kappa shape index (κ2) is 6.85. The predicted octanol–water partition coefficient (Wildman–Crippen LogP) is 3.31. The van der Waals surface area contributed by atoms with E-state index in [9.17, 15) is 14.0 Å². The normalized spacial score (nSPS) is 10.0. The van der Waals surface area contributed by atoms with Crippen LogP contribution < -0.4 is 10.1 Å². The minimum absolute atomic E-state index is 0.0628. The zero-order valence-corrected chi connectivity index (χ0v) is 11.6. The summed E-state index contributed by atoms with van der Waals surface area (Å²) in [4.78, 5) is 22.6. The fraction of sp³-hybridized carbons (Fsp3) is 0.0667. The average Bonchev–Trinajstić information content (AvgIpc) is 2.47. The molecule has 4 nitrogen and oxygen atoms in total. The highest BCUT2D eigenvalue weighted by Gasteiger charge is 2.10. The van der Waals surface area contributed by atoms with Crippen molar-refractivity contribution in [1.82, 2.24) is 0 Å². The number of nitrogens with one attached hydrogen (secondary N) is 1. The van der Waals surface area contributed by atoms with E-state index in [-0.39, 0.29) is 28.6 Å². The highest BCUT2D eigenvalue weighted by Crippen LogP contribution is 2.24. The van der Waals surface area contributed by atoms with Crippen molar-refractivity contribution in [1.29, 1.82) is 0 Å². The summed E-state index contributed by atoms with van der Waals surface area (Å²) in [6.45, 7) is -0.366. The second-order valence-electron chi connectivity index (χ2n) is 4.09. The van der Waals surface area contributed by atoms with Gasteiger partial charge in [0.2, 0.25) is 0 Å². The molecule has 2 aromatic carbocycles. The number of ether oxygens (including phenoxy) is 1. The van der Waals surface area contributed by atoms with Gasteiger partial charge in [0.1, 0.15) is 11.6 Å². The maximum absolute atomic E-state index is 13.4. The van der Waals surface area contributed by atoms with Crippen LogP contribution in [0.15, 0.2) is 42.5 Å². The van der Waals surface area contributed by atoms with Gasteiger partial charge in [-0.05, 0) is 24.3 Å². The van der Waals surface area contributed by atoms with E-state index in [0.29, 0.717) is 6.29 Å². The molecule has 2 aromatic rings. The lowest BCUT2D eigenvalue weighted by Gasteiger charge is -2.10. The summed E-state index contributed by atoms with van der Waals surface area (Å²) in [5, 5.41) is 2.61. The second-order valence-corrected chi connectivity index (χ2v) is 4.49. The summed E-state index contributed by atoms with van der Waals surface area (Å²) in [7, 11) is 0. The third-order valence-corrected chi connectivity index (χ3v) is 2.97. The van der Waals surface area contributed by atoms with Gasteiger partial charge in [-0.2, -0.15) is 0 Å². The molecule has 0 aliphatic heterocycles. The first-order valence-electron chi connectivity index (χ1n) is 6.02. The van der Waals surface area contributed by atoms with Crippen LogP contribution in [0.3, 0.4) is 0 Å². The van der Waals surface area contributed by atoms with Gasteiger partial charge in [-0.15, -0.1) is 0 Å². The van der Waals surface area contributed by atoms with E-state index in [4.69, 9.17) is 16.3 Å². The van der Waals surface area contributed by atoms with Crippen molar-refractivity contribution in [3.05, 3.63) is 58.9 Å². The van der Waals surface area contributed by atoms with E-state index in [1.165, 1.54) is 30.3 Å². The van der Waals surface area contributed by atoms with Crippen LogP contribution >= 0.6 is 11.6 Å². The van der Waals surface area contributed by atoms with Crippen LogP contribution in [0.2, 0.25) is 5.02 Å². The minimum Gasteiger partial charge on any atom is -0.483 e. The molecule has 0 heterocycles. The van der Waals surface area contributed by atoms with Gasteiger partial charge in [-0.1, -0.05) is 29.8 Å². The van der Waals surface area contributed by atoms with Crippen LogP contribution in [-0.2, 0) is 4.79 Å². The van der Waals surface area contributed by atoms with Crippen molar-refractivity contribution in [2.24, 2.45) is 0 Å². The van der Waals surface area contributed by atoms with E-state index in [1.807, 2.05) is 0 Å². The van der Waals surface area contributed by atoms with Crippen molar-refractivity contribution >= 4 is 29.5 Å². The molecule has 6 heteroatoms. The number of hydrogen-bond donors (Lipinski definition) is 1. The zero-order chi connectivity index (χ0) is 15.2. The SMILES string of the molecule is O=Cc1c(Cl)cccc1OCC(=O)Nc1ccccc1F. The fourth-order valence-corrected chi connectivity index (χ4v) is 1.86. The Morgan fingerprint density at radius 2 is 2.00 bits per heavy atom. The molecule has 0 saturated carbocycles. The highest BCUT2D eigenvalue weighted by molar-refractivity contribution is 6.33. The van der Waals surface area contributed by atoms with Gasteiger partial charge in [0.25, 0.3) is 5.91 Å². The molecule has 0 radical (unpaired) electrons. The summed E-state index contributed by atoms with van der Waals surface area (Å²) >= 11 is 5.83. The lowest BCUT2D eigenvalue weighted by Crippen LogP contribution is -2.21. The molecular formula is C15H11ClFNO3. The van der Waals surface area contributed by atoms with Gasteiger partial charge >= 0.3 is 0 Å². The highest BCUT2D eigenvalue weighted by atomic mass is 35.5. The maximum Gasteiger partial charge on any atom is 0.262 e. The van der Waals surface area contributed by atoms with Crippen molar-refractivity contribution < 1.29 is 18.7 Å². The molecule has 1 amide bonds. The van der Waals surface area contributed by atoms with E-state index in [1.54, 1.807) is 12.1 Å². The average molecular weight is 308 g/mol. The van der Waals surface area contributed by atoms with Crippen molar-refractivity contribution in [2.75, 3.05) is 11.9 Å². The van der Waals surface area contributed by atoms with Crippen molar-refractivity contribution in [3.63, 3.8) is 0 Å². The summed E-state index contributed by atoms with van der Waals surface area (Å²) in [6, 6.07) is 10.4. The molecule has 0 bridgehead atoms. The smallest absolute Gasteiger partial charge is 0.262 e. The minimum atomic E-state index is -0.545. The first-order valence-corrected chi connectivity index (χ1v) is 6.40. The molecule has 0 unspecified atom stereocenters. The Morgan fingerprint density at radius 1 is 1.24 bits per heavy atom. The lowest BCUT2D eigenvalue weighted by molar-refractivity contribution is -0.118. The zero-order valence-electron chi connectivity index (χ0n) is 10.8. The predicted molar refractivity (Wildman–Crippen MR) is 77.4 cm³/mol. The van der Waals surface area contributed by atoms with Gasteiger partial charge in [-0.3, -0.25) is 9.59 Å². The summed E-state index contributed by atoms with van der Waals surface area (Å²) < 4.78 is 18.6. The number of carbonyl (C=O) groups excluding carboxylic acids is 2. The molecular weight excluding hydrogens is 297 g/mol. The number of carbonyl (C=O) groups is 2. The summed E-state index contributed by atoms with van der Waals surface area (Å²) in [5.74, 6) is -0.889. The summed E-state index contributed by atoms with van der Waals surface area (Å²) in [6.07, 6.45) is 0.548. The number of amides is 1. The molecule has 0 spiro atoms. The number of para-hydroxylation sites is 1. The van der Waals surface area contributed by atoms with Crippen LogP contribution in [-0.4, -0.2) is 18.8 Å². The molecule has 0 saturated heterocycles. The lowest BCUT2D eigenvalue weighted by atomic mass is 10.2. The Morgan fingerprint density at radius 3 is 2.71 bits per heavy atom. The van der Waals surface area contributed by atoms with Crippen LogP contribution in [0.25, 0.3) is 0 Å². The number of benzene rings is 2. The fourth-order valence-electron chi connectivity index (χ4n) is 1.65. The largest absolute Gasteiger partial charge is 0.483 e. The molecule has 0 atom stereocenters. The van der Waals surface area contributed by atoms with Crippen molar-refractivity contribution in [2.45, 2.75) is 0 Å². The Balaban J connectivity index is 2.01. The van der Waals surface area contributed by atoms with Gasteiger partial charge in [0, 0.05) is 0 Å². The van der Waals surface area contributed by atoms with E-state index in [0.717, 1.165) is 0 Å². The van der Waals surface area contributed by atoms with Gasteiger partial charge < -0.3 is 10.1 Å². The first kappa shape index (κ1) is 15.0. The number of anilines is 1. The van der Waals surface area contributed by atoms with E-state index in [2.05, 4.69) is 5.32 Å². The molecule has 0 aliphatic carbocycles.